The van der Waals surface area contributed by atoms with Gasteiger partial charge in [0.2, 0.25) is 0 Å². The zero-order valence-corrected chi connectivity index (χ0v) is 11.8. The van der Waals surface area contributed by atoms with Crippen molar-refractivity contribution in [1.29, 1.82) is 0 Å². The molecule has 1 saturated heterocycles. The van der Waals surface area contributed by atoms with Crippen molar-refractivity contribution in [2.75, 3.05) is 19.7 Å². The molecular weight excluding hydrogens is 226 g/mol. The van der Waals surface area contributed by atoms with Gasteiger partial charge in [-0.3, -0.25) is 4.68 Å². The highest BCUT2D eigenvalue weighted by Gasteiger charge is 2.40. The quantitative estimate of drug-likeness (QED) is 0.837. The number of aryl methyl sites for hydroxylation is 2. The van der Waals surface area contributed by atoms with Crippen LogP contribution in [0, 0.1) is 5.41 Å². The topological polar surface area (TPSA) is 39.1 Å². The summed E-state index contributed by atoms with van der Waals surface area (Å²) in [6.45, 7) is 7.37. The minimum atomic E-state index is 0.297. The van der Waals surface area contributed by atoms with E-state index in [0.717, 1.165) is 26.1 Å². The summed E-state index contributed by atoms with van der Waals surface area (Å²) in [5, 5.41) is 7.74. The van der Waals surface area contributed by atoms with Gasteiger partial charge in [0.15, 0.2) is 0 Å². The third-order valence-electron chi connectivity index (χ3n) is 4.23. The summed E-state index contributed by atoms with van der Waals surface area (Å²) >= 11 is 0. The van der Waals surface area contributed by atoms with Crippen molar-refractivity contribution in [3.05, 3.63) is 18.0 Å². The Bertz CT molecular complexity index is 377. The van der Waals surface area contributed by atoms with Crippen LogP contribution in [0.2, 0.25) is 0 Å². The van der Waals surface area contributed by atoms with Gasteiger partial charge < -0.3 is 10.1 Å². The maximum absolute atomic E-state index is 5.80. The average molecular weight is 251 g/mol. The van der Waals surface area contributed by atoms with Gasteiger partial charge in [-0.05, 0) is 38.3 Å². The van der Waals surface area contributed by atoms with Crippen LogP contribution in [0.1, 0.15) is 32.3 Å². The van der Waals surface area contributed by atoms with Crippen molar-refractivity contribution >= 4 is 0 Å². The maximum atomic E-state index is 5.80. The van der Waals surface area contributed by atoms with E-state index in [4.69, 9.17) is 4.74 Å². The lowest BCUT2D eigenvalue weighted by molar-refractivity contribution is 0.0589. The second-order valence-electron chi connectivity index (χ2n) is 5.43. The first-order valence-electron chi connectivity index (χ1n) is 6.96. The predicted molar refractivity (Wildman–Crippen MR) is 72.5 cm³/mol. The first kappa shape index (κ1) is 13.6. The molecule has 0 saturated carbocycles. The number of rotatable bonds is 6. The van der Waals surface area contributed by atoms with Crippen LogP contribution in [0.3, 0.4) is 0 Å². The van der Waals surface area contributed by atoms with E-state index in [1.54, 1.807) is 0 Å². The molecule has 1 N–H and O–H groups in total. The monoisotopic (exact) mass is 251 g/mol. The van der Waals surface area contributed by atoms with Crippen molar-refractivity contribution in [2.45, 2.75) is 39.2 Å². The van der Waals surface area contributed by atoms with Crippen LogP contribution in [0.5, 0.6) is 0 Å². The highest BCUT2D eigenvalue weighted by molar-refractivity contribution is 5.05. The van der Waals surface area contributed by atoms with E-state index in [0.29, 0.717) is 11.5 Å². The van der Waals surface area contributed by atoms with E-state index in [2.05, 4.69) is 30.5 Å². The molecule has 1 aliphatic rings. The standard InChI is InChI=1S/C14H25N3O/c1-4-15-11-14(7-8-18-12(14)2)6-5-13-9-16-17(3)10-13/h9-10,12,15H,4-8,11H2,1-3H3. The van der Waals surface area contributed by atoms with Gasteiger partial charge in [-0.1, -0.05) is 6.92 Å². The van der Waals surface area contributed by atoms with E-state index >= 15 is 0 Å². The molecule has 1 aromatic heterocycles. The van der Waals surface area contributed by atoms with Gasteiger partial charge in [-0.25, -0.2) is 0 Å². The SMILES string of the molecule is CCNCC1(CCc2cnn(C)c2)CCOC1C. The Morgan fingerprint density at radius 2 is 2.44 bits per heavy atom. The van der Waals surface area contributed by atoms with E-state index in [9.17, 15) is 0 Å². The fraction of sp³-hybridized carbons (Fsp3) is 0.786. The summed E-state index contributed by atoms with van der Waals surface area (Å²) < 4.78 is 7.67. The summed E-state index contributed by atoms with van der Waals surface area (Å²) in [4.78, 5) is 0. The van der Waals surface area contributed by atoms with Crippen LogP contribution < -0.4 is 5.32 Å². The molecule has 0 spiro atoms. The molecule has 0 radical (unpaired) electrons. The second kappa shape index (κ2) is 5.85. The van der Waals surface area contributed by atoms with E-state index in [-0.39, 0.29) is 0 Å². The Labute approximate surface area is 110 Å². The molecule has 1 aliphatic heterocycles. The summed E-state index contributed by atoms with van der Waals surface area (Å²) in [5.74, 6) is 0. The Kier molecular flexibility index (Phi) is 4.40. The van der Waals surface area contributed by atoms with Crippen LogP contribution in [0.25, 0.3) is 0 Å². The highest BCUT2D eigenvalue weighted by Crippen LogP contribution is 2.38. The molecule has 4 nitrogen and oxygen atoms in total. The summed E-state index contributed by atoms with van der Waals surface area (Å²) in [6, 6.07) is 0. The zero-order valence-electron chi connectivity index (χ0n) is 11.8. The number of hydrogen-bond acceptors (Lipinski definition) is 3. The number of ether oxygens (including phenoxy) is 1. The van der Waals surface area contributed by atoms with Crippen molar-refractivity contribution in [3.8, 4) is 0 Å². The molecule has 0 amide bonds. The van der Waals surface area contributed by atoms with Gasteiger partial charge in [0, 0.05) is 31.8 Å². The van der Waals surface area contributed by atoms with Gasteiger partial charge in [-0.15, -0.1) is 0 Å². The third kappa shape index (κ3) is 2.93. The normalized spacial score (nSPS) is 27.8. The molecule has 0 aliphatic carbocycles. The first-order valence-corrected chi connectivity index (χ1v) is 6.96. The molecule has 2 unspecified atom stereocenters. The van der Waals surface area contributed by atoms with Crippen molar-refractivity contribution in [2.24, 2.45) is 12.5 Å². The summed E-state index contributed by atoms with van der Waals surface area (Å²) in [5.41, 5.74) is 1.62. The fourth-order valence-corrected chi connectivity index (χ4v) is 2.84. The van der Waals surface area contributed by atoms with Crippen LogP contribution in [-0.2, 0) is 18.2 Å². The highest BCUT2D eigenvalue weighted by atomic mass is 16.5. The minimum absolute atomic E-state index is 0.297. The van der Waals surface area contributed by atoms with Gasteiger partial charge in [-0.2, -0.15) is 5.10 Å². The molecule has 1 aromatic rings. The third-order valence-corrected chi connectivity index (χ3v) is 4.23. The van der Waals surface area contributed by atoms with Crippen molar-refractivity contribution < 1.29 is 4.74 Å². The van der Waals surface area contributed by atoms with E-state index < -0.39 is 0 Å². The summed E-state index contributed by atoms with van der Waals surface area (Å²) in [6.07, 6.45) is 7.87. The van der Waals surface area contributed by atoms with Crippen LogP contribution in [0.15, 0.2) is 12.4 Å². The molecular formula is C14H25N3O. The smallest absolute Gasteiger partial charge is 0.0616 e. The molecule has 0 aromatic carbocycles. The fourth-order valence-electron chi connectivity index (χ4n) is 2.84. The molecule has 4 heteroatoms. The first-order chi connectivity index (χ1) is 8.66. The molecule has 2 heterocycles. The Balaban J connectivity index is 1.97. The minimum Gasteiger partial charge on any atom is -0.378 e. The predicted octanol–water partition coefficient (Wildman–Crippen LogP) is 1.76. The van der Waals surface area contributed by atoms with Gasteiger partial charge >= 0.3 is 0 Å². The number of nitrogens with one attached hydrogen (secondary N) is 1. The van der Waals surface area contributed by atoms with Crippen molar-refractivity contribution in [1.82, 2.24) is 15.1 Å². The van der Waals surface area contributed by atoms with E-state index in [1.807, 2.05) is 17.9 Å². The van der Waals surface area contributed by atoms with Gasteiger partial charge in [0.1, 0.15) is 0 Å². The van der Waals surface area contributed by atoms with Gasteiger partial charge in [0.05, 0.1) is 12.3 Å². The van der Waals surface area contributed by atoms with E-state index in [1.165, 1.54) is 18.4 Å². The van der Waals surface area contributed by atoms with Crippen LogP contribution in [0.4, 0.5) is 0 Å². The Morgan fingerprint density at radius 1 is 1.61 bits per heavy atom. The molecule has 102 valence electrons. The maximum Gasteiger partial charge on any atom is 0.0616 e. The zero-order chi connectivity index (χ0) is 13.0. The summed E-state index contributed by atoms with van der Waals surface area (Å²) in [7, 11) is 1.97. The molecule has 1 fully saturated rings. The van der Waals surface area contributed by atoms with Crippen LogP contribution >= 0.6 is 0 Å². The lowest BCUT2D eigenvalue weighted by Gasteiger charge is -2.32. The Morgan fingerprint density at radius 3 is 3.00 bits per heavy atom. The molecule has 18 heavy (non-hydrogen) atoms. The lowest BCUT2D eigenvalue weighted by Crippen LogP contribution is -2.39. The largest absolute Gasteiger partial charge is 0.378 e. The lowest BCUT2D eigenvalue weighted by atomic mass is 9.77. The number of hydrogen-bond donors (Lipinski definition) is 1. The number of nitrogens with zero attached hydrogens (tertiary/aromatic N) is 2. The number of aromatic nitrogens is 2. The second-order valence-corrected chi connectivity index (χ2v) is 5.43. The molecule has 0 bridgehead atoms. The molecule has 2 rings (SSSR count). The average Bonchev–Trinajstić information content (AvgIpc) is 2.92. The van der Waals surface area contributed by atoms with Crippen molar-refractivity contribution in [3.63, 3.8) is 0 Å². The van der Waals surface area contributed by atoms with Gasteiger partial charge in [0.25, 0.3) is 0 Å². The Hall–Kier alpha value is -0.870. The van der Waals surface area contributed by atoms with Crippen LogP contribution in [-0.4, -0.2) is 35.6 Å². The molecule has 2 atom stereocenters.